The lowest BCUT2D eigenvalue weighted by Crippen LogP contribution is -1.91. The Bertz CT molecular complexity index is 325. The maximum atomic E-state index is 13.2. The Kier molecular flexibility index (Phi) is 3.45. The van der Waals surface area contributed by atoms with Crippen LogP contribution in [0.25, 0.3) is 0 Å². The quantitative estimate of drug-likeness (QED) is 0.696. The predicted molar refractivity (Wildman–Crippen MR) is 49.7 cm³/mol. The fourth-order valence-electron chi connectivity index (χ4n) is 1.19. The van der Waals surface area contributed by atoms with Crippen molar-refractivity contribution in [2.24, 2.45) is 0 Å². The molecule has 0 spiro atoms. The summed E-state index contributed by atoms with van der Waals surface area (Å²) in [6, 6.07) is 6.57. The number of hydrogen-bond acceptors (Lipinski definition) is 1. The number of benzene rings is 1. The van der Waals surface area contributed by atoms with Gasteiger partial charge in [-0.15, -0.1) is 0 Å². The summed E-state index contributed by atoms with van der Waals surface area (Å²) < 4.78 is 13.2. The van der Waals surface area contributed by atoms with E-state index in [4.69, 9.17) is 5.26 Å². The van der Waals surface area contributed by atoms with Crippen molar-refractivity contribution in [1.29, 1.82) is 5.26 Å². The van der Waals surface area contributed by atoms with Crippen LogP contribution in [0.4, 0.5) is 4.39 Å². The van der Waals surface area contributed by atoms with Gasteiger partial charge in [-0.2, -0.15) is 5.26 Å². The van der Waals surface area contributed by atoms with Gasteiger partial charge in [0, 0.05) is 0 Å². The first-order valence-electron chi connectivity index (χ1n) is 4.46. The topological polar surface area (TPSA) is 23.8 Å². The molecular weight excluding hydrogens is 165 g/mol. The zero-order chi connectivity index (χ0) is 9.68. The number of aryl methyl sites for hydroxylation is 1. The predicted octanol–water partition coefficient (Wildman–Crippen LogP) is 3.04. The van der Waals surface area contributed by atoms with E-state index in [9.17, 15) is 4.39 Å². The van der Waals surface area contributed by atoms with Crippen LogP contribution in [-0.2, 0) is 6.42 Å². The van der Waals surface area contributed by atoms with E-state index in [-0.39, 0.29) is 5.82 Å². The Labute approximate surface area is 77.8 Å². The summed E-state index contributed by atoms with van der Waals surface area (Å²) >= 11 is 0. The number of halogens is 1. The maximum Gasteiger partial charge on any atom is 0.127 e. The monoisotopic (exact) mass is 177 g/mol. The van der Waals surface area contributed by atoms with E-state index in [1.165, 1.54) is 6.07 Å². The summed E-state index contributed by atoms with van der Waals surface area (Å²) in [5.41, 5.74) is 1.10. The van der Waals surface area contributed by atoms with Crippen LogP contribution < -0.4 is 0 Å². The molecule has 0 unspecified atom stereocenters. The van der Waals surface area contributed by atoms with Crippen molar-refractivity contribution in [1.82, 2.24) is 0 Å². The van der Waals surface area contributed by atoms with Crippen LogP contribution in [0, 0.1) is 17.1 Å². The zero-order valence-electron chi connectivity index (χ0n) is 7.68. The van der Waals surface area contributed by atoms with E-state index in [1.54, 1.807) is 12.1 Å². The third kappa shape index (κ3) is 2.55. The highest BCUT2D eigenvalue weighted by Crippen LogP contribution is 2.12. The fourth-order valence-corrected chi connectivity index (χ4v) is 1.19. The molecule has 68 valence electrons. The van der Waals surface area contributed by atoms with Crippen LogP contribution in [0.5, 0.6) is 0 Å². The summed E-state index contributed by atoms with van der Waals surface area (Å²) in [6.45, 7) is 2.07. The van der Waals surface area contributed by atoms with Crippen molar-refractivity contribution in [3.05, 3.63) is 35.1 Å². The molecule has 0 N–H and O–H groups in total. The van der Waals surface area contributed by atoms with Crippen molar-refractivity contribution in [3.63, 3.8) is 0 Å². The second-order valence-corrected chi connectivity index (χ2v) is 3.02. The molecule has 0 fully saturated rings. The summed E-state index contributed by atoms with van der Waals surface area (Å²) in [5.74, 6) is -0.257. The molecule has 1 aromatic rings. The smallest absolute Gasteiger partial charge is 0.127 e. The molecule has 0 aromatic heterocycles. The van der Waals surface area contributed by atoms with E-state index in [1.807, 2.05) is 6.07 Å². The van der Waals surface area contributed by atoms with Crippen molar-refractivity contribution >= 4 is 0 Å². The van der Waals surface area contributed by atoms with E-state index in [0.717, 1.165) is 19.3 Å². The van der Waals surface area contributed by atoms with Crippen molar-refractivity contribution in [2.75, 3.05) is 0 Å². The average molecular weight is 177 g/mol. The van der Waals surface area contributed by atoms with E-state index in [2.05, 4.69) is 6.92 Å². The van der Waals surface area contributed by atoms with Crippen LogP contribution in [-0.4, -0.2) is 0 Å². The highest BCUT2D eigenvalue weighted by molar-refractivity contribution is 5.32. The number of hydrogen-bond donors (Lipinski definition) is 0. The van der Waals surface area contributed by atoms with E-state index in [0.29, 0.717) is 11.1 Å². The minimum absolute atomic E-state index is 0.257. The Morgan fingerprint density at radius 2 is 2.23 bits per heavy atom. The van der Waals surface area contributed by atoms with Gasteiger partial charge in [0.05, 0.1) is 11.6 Å². The van der Waals surface area contributed by atoms with E-state index >= 15 is 0 Å². The normalized spacial score (nSPS) is 9.62. The van der Waals surface area contributed by atoms with Gasteiger partial charge in [0.15, 0.2) is 0 Å². The molecule has 2 heteroatoms. The number of rotatable bonds is 3. The van der Waals surface area contributed by atoms with Gasteiger partial charge in [-0.1, -0.05) is 19.4 Å². The molecule has 0 amide bonds. The standard InChI is InChI=1S/C11H12FN/c1-2-3-4-10-6-5-9(8-13)7-11(10)12/h5-7H,2-4H2,1H3. The Morgan fingerprint density at radius 3 is 2.77 bits per heavy atom. The van der Waals surface area contributed by atoms with Gasteiger partial charge >= 0.3 is 0 Å². The van der Waals surface area contributed by atoms with Gasteiger partial charge in [-0.25, -0.2) is 4.39 Å². The molecule has 0 bridgehead atoms. The van der Waals surface area contributed by atoms with Gasteiger partial charge in [0.25, 0.3) is 0 Å². The summed E-state index contributed by atoms with van der Waals surface area (Å²) in [6.07, 6.45) is 2.80. The lowest BCUT2D eigenvalue weighted by Gasteiger charge is -2.01. The Hall–Kier alpha value is -1.36. The minimum atomic E-state index is -0.257. The minimum Gasteiger partial charge on any atom is -0.207 e. The lowest BCUT2D eigenvalue weighted by atomic mass is 10.1. The van der Waals surface area contributed by atoms with Crippen LogP contribution in [0.1, 0.15) is 30.9 Å². The van der Waals surface area contributed by atoms with Gasteiger partial charge in [0.2, 0.25) is 0 Å². The maximum absolute atomic E-state index is 13.2. The van der Waals surface area contributed by atoms with Gasteiger partial charge < -0.3 is 0 Å². The molecule has 0 radical (unpaired) electrons. The average Bonchev–Trinajstić information content (AvgIpc) is 2.16. The molecular formula is C11H12FN. The summed E-state index contributed by atoms with van der Waals surface area (Å²) in [5, 5.41) is 8.51. The molecule has 1 nitrogen and oxygen atoms in total. The Morgan fingerprint density at radius 1 is 1.46 bits per heavy atom. The largest absolute Gasteiger partial charge is 0.207 e. The molecule has 0 atom stereocenters. The zero-order valence-corrected chi connectivity index (χ0v) is 7.68. The second-order valence-electron chi connectivity index (χ2n) is 3.02. The van der Waals surface area contributed by atoms with Crippen molar-refractivity contribution < 1.29 is 4.39 Å². The molecule has 0 aliphatic carbocycles. The van der Waals surface area contributed by atoms with Crippen molar-refractivity contribution in [2.45, 2.75) is 26.2 Å². The Balaban J connectivity index is 2.81. The molecule has 1 aromatic carbocycles. The first-order valence-corrected chi connectivity index (χ1v) is 4.46. The fraction of sp³-hybridized carbons (Fsp3) is 0.364. The van der Waals surface area contributed by atoms with E-state index < -0.39 is 0 Å². The summed E-state index contributed by atoms with van der Waals surface area (Å²) in [7, 11) is 0. The molecule has 13 heavy (non-hydrogen) atoms. The summed E-state index contributed by atoms with van der Waals surface area (Å²) in [4.78, 5) is 0. The SMILES string of the molecule is CCCCc1ccc(C#N)cc1F. The number of unbranched alkanes of at least 4 members (excludes halogenated alkanes) is 1. The van der Waals surface area contributed by atoms with Gasteiger partial charge in [-0.3, -0.25) is 0 Å². The lowest BCUT2D eigenvalue weighted by molar-refractivity contribution is 0.602. The first kappa shape index (κ1) is 9.73. The van der Waals surface area contributed by atoms with Crippen LogP contribution in [0.3, 0.4) is 0 Å². The van der Waals surface area contributed by atoms with Crippen LogP contribution in [0.2, 0.25) is 0 Å². The number of nitrogens with zero attached hydrogens (tertiary/aromatic N) is 1. The molecule has 0 aliphatic heterocycles. The third-order valence-electron chi connectivity index (χ3n) is 1.98. The van der Waals surface area contributed by atoms with Crippen LogP contribution >= 0.6 is 0 Å². The highest BCUT2D eigenvalue weighted by Gasteiger charge is 2.02. The van der Waals surface area contributed by atoms with Crippen molar-refractivity contribution in [3.8, 4) is 6.07 Å². The first-order chi connectivity index (χ1) is 6.27. The molecule has 0 saturated heterocycles. The van der Waals surface area contributed by atoms with Crippen LogP contribution in [0.15, 0.2) is 18.2 Å². The number of nitriles is 1. The molecule has 0 heterocycles. The molecule has 1 rings (SSSR count). The van der Waals surface area contributed by atoms with Gasteiger partial charge in [-0.05, 0) is 30.5 Å². The van der Waals surface area contributed by atoms with Gasteiger partial charge in [0.1, 0.15) is 5.82 Å². The third-order valence-corrected chi connectivity index (χ3v) is 1.98. The molecule has 0 aliphatic rings. The highest BCUT2D eigenvalue weighted by atomic mass is 19.1. The molecule has 0 saturated carbocycles. The second kappa shape index (κ2) is 4.61.